The number of likely N-dealkylation sites (tertiary alicyclic amines) is 2. The fraction of sp³-hybridized carbons (Fsp3) is 0.481. The minimum absolute atomic E-state index is 0.0581. The van der Waals surface area contributed by atoms with Crippen LogP contribution in [-0.4, -0.2) is 56.5 Å². The summed E-state index contributed by atoms with van der Waals surface area (Å²) in [5, 5.41) is 22.1. The third kappa shape index (κ3) is 11.1. The van der Waals surface area contributed by atoms with Gasteiger partial charge < -0.3 is 15.1 Å². The quantitative estimate of drug-likeness (QED) is 0.164. The van der Waals surface area contributed by atoms with Gasteiger partial charge in [0, 0.05) is 56.6 Å². The Morgan fingerprint density at radius 3 is 1.54 bits per heavy atom. The van der Waals surface area contributed by atoms with Gasteiger partial charge >= 0.3 is 11.9 Å². The van der Waals surface area contributed by atoms with E-state index in [1.807, 2.05) is 84.6 Å². The number of carbonyl (C=O) groups is 3. The van der Waals surface area contributed by atoms with Gasteiger partial charge in [-0.25, -0.2) is 0 Å². The van der Waals surface area contributed by atoms with Gasteiger partial charge in [-0.05, 0) is 139 Å². The number of nitrogens with zero attached hydrogens (tertiary/aromatic N) is 2. The van der Waals surface area contributed by atoms with Crippen molar-refractivity contribution in [3.05, 3.63) is 139 Å². The summed E-state index contributed by atoms with van der Waals surface area (Å²) in [4.78, 5) is 42.2. The lowest BCUT2D eigenvalue weighted by Crippen LogP contribution is -2.55. The molecule has 0 spiro atoms. The molecule has 2 N–H and O–H groups in total. The van der Waals surface area contributed by atoms with Gasteiger partial charge in [-0.3, -0.25) is 19.3 Å². The molecule has 336 valence electrons. The molecule has 4 fully saturated rings. The van der Waals surface area contributed by atoms with Crippen LogP contribution in [0.15, 0.2) is 97.1 Å². The van der Waals surface area contributed by atoms with Crippen molar-refractivity contribution in [3.8, 4) is 0 Å². The second-order valence-corrected chi connectivity index (χ2v) is 21.5. The van der Waals surface area contributed by atoms with Crippen molar-refractivity contribution in [1.29, 1.82) is 0 Å². The lowest BCUT2D eigenvalue weighted by atomic mass is 9.67. The summed E-state index contributed by atoms with van der Waals surface area (Å²) in [6.07, 6.45) is 7.74. The minimum atomic E-state index is -0.979. The molecule has 2 saturated carbocycles. The topological polar surface area (TPSA) is 98.2 Å². The van der Waals surface area contributed by atoms with E-state index in [0.717, 1.165) is 66.2 Å². The third-order valence-corrected chi connectivity index (χ3v) is 15.4. The molecule has 2 saturated heterocycles. The molecule has 0 bridgehead atoms. The Morgan fingerprint density at radius 2 is 1.08 bits per heavy atom. The van der Waals surface area contributed by atoms with Crippen LogP contribution in [0.1, 0.15) is 138 Å². The summed E-state index contributed by atoms with van der Waals surface area (Å²) in [6.45, 7) is 9.29. The molecule has 2 aliphatic carbocycles. The summed E-state index contributed by atoms with van der Waals surface area (Å²) in [6, 6.07) is 32.3. The number of hydrogen-bond donors (Lipinski definition) is 2. The van der Waals surface area contributed by atoms with E-state index in [4.69, 9.17) is 46.4 Å². The summed E-state index contributed by atoms with van der Waals surface area (Å²) < 4.78 is 0. The van der Waals surface area contributed by atoms with E-state index in [1.165, 1.54) is 17.5 Å². The predicted octanol–water partition coefficient (Wildman–Crippen LogP) is 13.9. The van der Waals surface area contributed by atoms with Crippen molar-refractivity contribution in [1.82, 2.24) is 9.80 Å². The average Bonchev–Trinajstić information content (AvgIpc) is 3.86. The molecule has 2 heterocycles. The van der Waals surface area contributed by atoms with Gasteiger partial charge in [-0.15, -0.1) is 0 Å². The van der Waals surface area contributed by atoms with Crippen molar-refractivity contribution >= 4 is 64.2 Å². The highest BCUT2D eigenvalue weighted by Crippen LogP contribution is 2.55. The van der Waals surface area contributed by atoms with Crippen LogP contribution < -0.4 is 0 Å². The molecule has 0 radical (unpaired) electrons. The Balaban J connectivity index is 0.000000189. The van der Waals surface area contributed by atoms with Gasteiger partial charge in [-0.1, -0.05) is 123 Å². The number of benzene rings is 4. The largest absolute Gasteiger partial charge is 0.481 e. The SMILES string of the molecule is C[C@@H]1CCC(N2CC(C)(CC(=O)O)C[C@H](c3cccc(Cl)c3)[C@H]2c2ccc(Cl)cc2)C1.C[C@H]1CCC(N2C(=O)C(C)(CC(=O)O)C[C@H](c3cccc(Cl)c3)[C@H]2c2ccc(Cl)cc2)C1. The van der Waals surface area contributed by atoms with Crippen molar-refractivity contribution in [3.63, 3.8) is 0 Å². The van der Waals surface area contributed by atoms with Gasteiger partial charge in [0.1, 0.15) is 0 Å². The van der Waals surface area contributed by atoms with Crippen LogP contribution in [0.4, 0.5) is 0 Å². The maximum atomic E-state index is 14.0. The first kappa shape index (κ1) is 47.4. The van der Waals surface area contributed by atoms with E-state index >= 15 is 0 Å². The smallest absolute Gasteiger partial charge is 0.304 e. The summed E-state index contributed by atoms with van der Waals surface area (Å²) >= 11 is 25.1. The molecule has 63 heavy (non-hydrogen) atoms. The van der Waals surface area contributed by atoms with Gasteiger partial charge in [0.2, 0.25) is 5.91 Å². The third-order valence-electron chi connectivity index (χ3n) is 14.4. The highest BCUT2D eigenvalue weighted by Gasteiger charge is 2.53. The maximum Gasteiger partial charge on any atom is 0.304 e. The average molecular weight is 935 g/mol. The highest BCUT2D eigenvalue weighted by atomic mass is 35.5. The number of amides is 1. The predicted molar refractivity (Wildman–Crippen MR) is 254 cm³/mol. The normalized spacial score (nSPS) is 31.0. The molecule has 8 rings (SSSR count). The number of carboxylic acid groups (broad SMARTS) is 2. The number of carbonyl (C=O) groups excluding carboxylic acids is 1. The lowest BCUT2D eigenvalue weighted by molar-refractivity contribution is -0.160. The number of hydrogen-bond acceptors (Lipinski definition) is 4. The fourth-order valence-electron chi connectivity index (χ4n) is 11.6. The molecule has 7 nitrogen and oxygen atoms in total. The summed E-state index contributed by atoms with van der Waals surface area (Å²) in [5.74, 6) is -0.407. The zero-order chi connectivity index (χ0) is 45.2. The van der Waals surface area contributed by atoms with Crippen molar-refractivity contribution < 1.29 is 24.6 Å². The maximum absolute atomic E-state index is 14.0. The molecule has 11 heteroatoms. The minimum Gasteiger partial charge on any atom is -0.481 e. The van der Waals surface area contributed by atoms with Gasteiger partial charge in [0.15, 0.2) is 0 Å². The molecule has 4 aliphatic rings. The first-order chi connectivity index (χ1) is 29.9. The zero-order valence-corrected chi connectivity index (χ0v) is 39.7. The Bertz CT molecular complexity index is 2260. The molecule has 2 aliphatic heterocycles. The second kappa shape index (κ2) is 19.9. The Morgan fingerprint density at radius 1 is 0.603 bits per heavy atom. The molecule has 4 aromatic carbocycles. The van der Waals surface area contributed by atoms with Gasteiger partial charge in [-0.2, -0.15) is 0 Å². The summed E-state index contributed by atoms with van der Waals surface area (Å²) in [7, 11) is 0. The van der Waals surface area contributed by atoms with E-state index in [9.17, 15) is 24.6 Å². The molecule has 4 unspecified atom stereocenters. The molecule has 4 aromatic rings. The van der Waals surface area contributed by atoms with Crippen LogP contribution in [-0.2, 0) is 14.4 Å². The first-order valence-electron chi connectivity index (χ1n) is 22.5. The van der Waals surface area contributed by atoms with Crippen molar-refractivity contribution in [2.24, 2.45) is 22.7 Å². The highest BCUT2D eigenvalue weighted by molar-refractivity contribution is 6.31. The van der Waals surface area contributed by atoms with Crippen LogP contribution in [0, 0.1) is 22.7 Å². The molecule has 10 atom stereocenters. The van der Waals surface area contributed by atoms with Crippen LogP contribution in [0.5, 0.6) is 0 Å². The summed E-state index contributed by atoms with van der Waals surface area (Å²) in [5.41, 5.74) is 3.19. The monoisotopic (exact) mass is 932 g/mol. The van der Waals surface area contributed by atoms with Gasteiger partial charge in [0.25, 0.3) is 0 Å². The number of carboxylic acids is 2. The Labute approximate surface area is 393 Å². The van der Waals surface area contributed by atoms with E-state index in [0.29, 0.717) is 34.3 Å². The fourth-order valence-corrected chi connectivity index (χ4v) is 12.3. The second-order valence-electron chi connectivity index (χ2n) is 19.8. The van der Waals surface area contributed by atoms with Crippen molar-refractivity contribution in [2.45, 2.75) is 128 Å². The Hall–Kier alpha value is -3.59. The standard InChI is InChI=1S/C26H29Cl2NO3.C26H31Cl2NO2/c1-16-6-11-21(12-16)29-24(17-7-9-19(27)10-8-17)22(18-4-3-5-20(28)13-18)14-26(2,25(29)32)15-23(30)31;1-17-6-11-22(12-17)29-16-26(2,15-24(30)31)14-23(19-4-3-5-21(28)13-19)25(29)18-7-9-20(27)10-8-18/h3-5,7-10,13,16,21-22,24H,6,11-12,14-15H2,1-2H3,(H,30,31);3-5,7-10,13,17,22-23,25H,6,11-12,14-16H2,1-2H3,(H,30,31)/t16-,21?,22+,24+,26?;17-,22?,23-,25-,26?/m01/s1. The van der Waals surface area contributed by atoms with Crippen LogP contribution in [0.2, 0.25) is 20.1 Å². The molecular weight excluding hydrogens is 874 g/mol. The Kier molecular flexibility index (Phi) is 14.9. The molecular formula is C52H60Cl4N2O5. The number of rotatable bonds is 10. The van der Waals surface area contributed by atoms with Crippen LogP contribution in [0.3, 0.4) is 0 Å². The van der Waals surface area contributed by atoms with Crippen LogP contribution >= 0.6 is 46.4 Å². The van der Waals surface area contributed by atoms with Crippen LogP contribution in [0.25, 0.3) is 0 Å². The van der Waals surface area contributed by atoms with E-state index in [1.54, 1.807) is 0 Å². The number of aliphatic carboxylic acids is 2. The number of halogens is 4. The zero-order valence-electron chi connectivity index (χ0n) is 36.7. The van der Waals surface area contributed by atoms with E-state index < -0.39 is 17.4 Å². The lowest BCUT2D eigenvalue weighted by Gasteiger charge is -2.52. The van der Waals surface area contributed by atoms with E-state index in [-0.39, 0.29) is 54.1 Å². The first-order valence-corrected chi connectivity index (χ1v) is 24.0. The molecule has 0 aromatic heterocycles. The van der Waals surface area contributed by atoms with Crippen molar-refractivity contribution in [2.75, 3.05) is 6.54 Å². The van der Waals surface area contributed by atoms with E-state index in [2.05, 4.69) is 49.9 Å². The number of piperidine rings is 2. The molecule has 1 amide bonds. The van der Waals surface area contributed by atoms with Gasteiger partial charge in [0.05, 0.1) is 24.3 Å².